The molecule has 0 saturated heterocycles. The van der Waals surface area contributed by atoms with E-state index < -0.39 is 0 Å². The minimum absolute atomic E-state index is 0. The molecule has 1 aromatic carbocycles. The van der Waals surface area contributed by atoms with Gasteiger partial charge in [0.15, 0.2) is 5.96 Å². The molecule has 1 aliphatic carbocycles. The van der Waals surface area contributed by atoms with E-state index in [0.29, 0.717) is 6.04 Å². The predicted octanol–water partition coefficient (Wildman–Crippen LogP) is 3.39. The van der Waals surface area contributed by atoms with Gasteiger partial charge in [0.1, 0.15) is 5.82 Å². The average molecular weight is 498 g/mol. The van der Waals surface area contributed by atoms with Gasteiger partial charge in [-0.15, -0.1) is 24.0 Å². The maximum absolute atomic E-state index is 4.64. The molecule has 0 amide bonds. The molecule has 3 rings (SSSR count). The van der Waals surface area contributed by atoms with Crippen molar-refractivity contribution in [3.8, 4) is 0 Å². The van der Waals surface area contributed by atoms with Crippen molar-refractivity contribution in [3.63, 3.8) is 0 Å². The molecule has 2 N–H and O–H groups in total. The van der Waals surface area contributed by atoms with E-state index in [1.807, 2.05) is 13.1 Å². The number of imidazole rings is 1. The number of nitrogens with zero attached hydrogens (tertiary/aromatic N) is 4. The molecule has 0 aliphatic heterocycles. The molecular weight excluding hydrogens is 463 g/mol. The van der Waals surface area contributed by atoms with E-state index in [0.717, 1.165) is 55.9 Å². The number of aryl methyl sites for hydroxylation is 2. The Morgan fingerprint density at radius 3 is 2.64 bits per heavy atom. The zero-order chi connectivity index (χ0) is 19.2. The van der Waals surface area contributed by atoms with Crippen LogP contribution < -0.4 is 10.6 Å². The Hall–Kier alpha value is -1.35. The fourth-order valence-electron chi connectivity index (χ4n) is 3.71. The first kappa shape index (κ1) is 22.9. The SMILES string of the molecule is CN=C(NCCCn1c(C)nc2ccccc21)NCCN(C(C)C)C1CC1.I. The highest BCUT2D eigenvalue weighted by Crippen LogP contribution is 2.27. The average Bonchev–Trinajstić information content (AvgIpc) is 3.43. The van der Waals surface area contributed by atoms with Gasteiger partial charge < -0.3 is 15.2 Å². The molecule has 7 heteroatoms. The number of halogens is 1. The topological polar surface area (TPSA) is 57.5 Å². The molecule has 1 saturated carbocycles. The van der Waals surface area contributed by atoms with Crippen molar-refractivity contribution in [3.05, 3.63) is 30.1 Å². The highest BCUT2D eigenvalue weighted by molar-refractivity contribution is 14.0. The maximum Gasteiger partial charge on any atom is 0.191 e. The van der Waals surface area contributed by atoms with Crippen LogP contribution in [0.25, 0.3) is 11.0 Å². The third-order valence-corrected chi connectivity index (χ3v) is 5.26. The molecule has 2 aromatic rings. The lowest BCUT2D eigenvalue weighted by molar-refractivity contribution is 0.215. The van der Waals surface area contributed by atoms with Crippen molar-refractivity contribution in [2.45, 2.75) is 58.7 Å². The second kappa shape index (κ2) is 11.0. The number of benzene rings is 1. The highest BCUT2D eigenvalue weighted by atomic mass is 127. The number of fused-ring (bicyclic) bond motifs is 1. The van der Waals surface area contributed by atoms with Gasteiger partial charge >= 0.3 is 0 Å². The quantitative estimate of drug-likeness (QED) is 0.241. The van der Waals surface area contributed by atoms with Gasteiger partial charge in [-0.2, -0.15) is 0 Å². The molecule has 1 aromatic heterocycles. The van der Waals surface area contributed by atoms with E-state index in [4.69, 9.17) is 0 Å². The largest absolute Gasteiger partial charge is 0.356 e. The fraction of sp³-hybridized carbons (Fsp3) is 0.619. The van der Waals surface area contributed by atoms with Crippen LogP contribution in [0.2, 0.25) is 0 Å². The monoisotopic (exact) mass is 498 g/mol. The Bertz CT molecular complexity index is 763. The van der Waals surface area contributed by atoms with Gasteiger partial charge in [0, 0.05) is 45.3 Å². The van der Waals surface area contributed by atoms with E-state index >= 15 is 0 Å². The fourth-order valence-corrected chi connectivity index (χ4v) is 3.71. The van der Waals surface area contributed by atoms with Crippen molar-refractivity contribution < 1.29 is 0 Å². The van der Waals surface area contributed by atoms with Crippen LogP contribution in [0.3, 0.4) is 0 Å². The number of aliphatic imine (C=N–C) groups is 1. The second-order valence-electron chi connectivity index (χ2n) is 7.64. The lowest BCUT2D eigenvalue weighted by Gasteiger charge is -2.26. The first-order valence-electron chi connectivity index (χ1n) is 10.2. The maximum atomic E-state index is 4.64. The predicted molar refractivity (Wildman–Crippen MR) is 129 cm³/mol. The number of guanidine groups is 1. The summed E-state index contributed by atoms with van der Waals surface area (Å²) in [4.78, 5) is 11.6. The summed E-state index contributed by atoms with van der Waals surface area (Å²) < 4.78 is 2.29. The summed E-state index contributed by atoms with van der Waals surface area (Å²) in [5.41, 5.74) is 2.29. The molecule has 0 atom stereocenters. The van der Waals surface area contributed by atoms with Crippen molar-refractivity contribution in [1.82, 2.24) is 25.1 Å². The van der Waals surface area contributed by atoms with E-state index in [-0.39, 0.29) is 24.0 Å². The third-order valence-electron chi connectivity index (χ3n) is 5.26. The van der Waals surface area contributed by atoms with Crippen molar-refractivity contribution >= 4 is 41.0 Å². The molecule has 1 aliphatic rings. The molecule has 0 radical (unpaired) electrons. The number of rotatable bonds is 9. The lowest BCUT2D eigenvalue weighted by atomic mass is 10.3. The van der Waals surface area contributed by atoms with Crippen molar-refractivity contribution in [1.29, 1.82) is 0 Å². The standard InChI is InChI=1S/C21H34N6.HI/c1-16(2)26(18-10-11-18)15-13-24-21(22-4)23-12-7-14-27-17(3)25-19-8-5-6-9-20(19)27;/h5-6,8-9,16,18H,7,10-15H2,1-4H3,(H2,22,23,24);1H. The van der Waals surface area contributed by atoms with Gasteiger partial charge in [-0.05, 0) is 52.2 Å². The van der Waals surface area contributed by atoms with Gasteiger partial charge in [0.25, 0.3) is 0 Å². The Labute approximate surface area is 186 Å². The molecular formula is C21H35IN6. The summed E-state index contributed by atoms with van der Waals surface area (Å²) in [5.74, 6) is 1.97. The Morgan fingerprint density at radius 2 is 1.96 bits per heavy atom. The van der Waals surface area contributed by atoms with E-state index in [1.54, 1.807) is 0 Å². The zero-order valence-electron chi connectivity index (χ0n) is 17.6. The number of hydrogen-bond acceptors (Lipinski definition) is 3. The van der Waals surface area contributed by atoms with Crippen LogP contribution in [0, 0.1) is 6.92 Å². The van der Waals surface area contributed by atoms with Crippen molar-refractivity contribution in [2.75, 3.05) is 26.7 Å². The number of hydrogen-bond donors (Lipinski definition) is 2. The second-order valence-corrected chi connectivity index (χ2v) is 7.64. The number of aromatic nitrogens is 2. The lowest BCUT2D eigenvalue weighted by Crippen LogP contribution is -2.44. The van der Waals surface area contributed by atoms with Crippen LogP contribution in [0.15, 0.2) is 29.3 Å². The van der Waals surface area contributed by atoms with Crippen LogP contribution in [-0.4, -0.2) is 59.2 Å². The van der Waals surface area contributed by atoms with Crippen LogP contribution >= 0.6 is 24.0 Å². The molecule has 1 fully saturated rings. The molecule has 6 nitrogen and oxygen atoms in total. The summed E-state index contributed by atoms with van der Waals surface area (Å²) in [6, 6.07) is 9.75. The molecule has 1 heterocycles. The van der Waals surface area contributed by atoms with Crippen molar-refractivity contribution in [2.24, 2.45) is 4.99 Å². The molecule has 0 spiro atoms. The van der Waals surface area contributed by atoms with E-state index in [9.17, 15) is 0 Å². The smallest absolute Gasteiger partial charge is 0.191 e. The molecule has 28 heavy (non-hydrogen) atoms. The van der Waals surface area contributed by atoms with E-state index in [1.165, 1.54) is 18.4 Å². The summed E-state index contributed by atoms with van der Waals surface area (Å²) in [5, 5.41) is 6.88. The van der Waals surface area contributed by atoms with Gasteiger partial charge in [-0.25, -0.2) is 4.98 Å². The summed E-state index contributed by atoms with van der Waals surface area (Å²) >= 11 is 0. The molecule has 0 unspecified atom stereocenters. The number of para-hydroxylation sites is 2. The Morgan fingerprint density at radius 1 is 1.25 bits per heavy atom. The normalized spacial score (nSPS) is 14.6. The minimum Gasteiger partial charge on any atom is -0.356 e. The molecule has 0 bridgehead atoms. The summed E-state index contributed by atoms with van der Waals surface area (Å²) in [6.07, 6.45) is 3.74. The highest BCUT2D eigenvalue weighted by Gasteiger charge is 2.30. The first-order valence-corrected chi connectivity index (χ1v) is 10.2. The van der Waals surface area contributed by atoms with Gasteiger partial charge in [0.2, 0.25) is 0 Å². The third kappa shape index (κ3) is 6.07. The van der Waals surface area contributed by atoms with Gasteiger partial charge in [-0.1, -0.05) is 12.1 Å². The first-order chi connectivity index (χ1) is 13.1. The van der Waals surface area contributed by atoms with Crippen LogP contribution in [-0.2, 0) is 6.54 Å². The van der Waals surface area contributed by atoms with E-state index in [2.05, 4.69) is 69.0 Å². The zero-order valence-corrected chi connectivity index (χ0v) is 19.9. The van der Waals surface area contributed by atoms with Gasteiger partial charge in [0.05, 0.1) is 11.0 Å². The van der Waals surface area contributed by atoms with Crippen LogP contribution in [0.4, 0.5) is 0 Å². The Balaban J connectivity index is 0.00000280. The Kier molecular flexibility index (Phi) is 9.01. The summed E-state index contributed by atoms with van der Waals surface area (Å²) in [6.45, 7) is 10.5. The molecule has 156 valence electrons. The van der Waals surface area contributed by atoms with Crippen LogP contribution in [0.5, 0.6) is 0 Å². The summed E-state index contributed by atoms with van der Waals surface area (Å²) in [7, 11) is 1.84. The van der Waals surface area contributed by atoms with Gasteiger partial charge in [-0.3, -0.25) is 9.89 Å². The number of nitrogens with one attached hydrogen (secondary N) is 2. The minimum atomic E-state index is 0. The van der Waals surface area contributed by atoms with Crippen LogP contribution in [0.1, 0.15) is 38.9 Å².